The summed E-state index contributed by atoms with van der Waals surface area (Å²) in [5.74, 6) is 1.22. The van der Waals surface area contributed by atoms with Gasteiger partial charge >= 0.3 is 0 Å². The van der Waals surface area contributed by atoms with E-state index in [4.69, 9.17) is 4.74 Å². The molecule has 0 radical (unpaired) electrons. The normalized spacial score (nSPS) is 25.5. The van der Waals surface area contributed by atoms with Gasteiger partial charge in [-0.2, -0.15) is 0 Å². The fourth-order valence-corrected chi connectivity index (χ4v) is 3.98. The topological polar surface area (TPSA) is 44.8 Å². The van der Waals surface area contributed by atoms with Crippen molar-refractivity contribution in [1.82, 2.24) is 15.1 Å². The summed E-state index contributed by atoms with van der Waals surface area (Å²) in [4.78, 5) is 17.0. The minimum absolute atomic E-state index is 0. The predicted octanol–water partition coefficient (Wildman–Crippen LogP) is 2.08. The maximum absolute atomic E-state index is 12.7. The van der Waals surface area contributed by atoms with Crippen LogP contribution in [0.15, 0.2) is 24.3 Å². The molecule has 1 amide bonds. The molecule has 2 atom stereocenters. The van der Waals surface area contributed by atoms with Gasteiger partial charge in [-0.25, -0.2) is 0 Å². The van der Waals surface area contributed by atoms with Crippen molar-refractivity contribution in [2.45, 2.75) is 37.9 Å². The van der Waals surface area contributed by atoms with Gasteiger partial charge in [0.25, 0.3) is 0 Å². The van der Waals surface area contributed by atoms with E-state index in [-0.39, 0.29) is 30.7 Å². The van der Waals surface area contributed by atoms with E-state index in [1.807, 2.05) is 18.2 Å². The minimum Gasteiger partial charge on any atom is -0.492 e. The molecule has 1 aromatic rings. The van der Waals surface area contributed by atoms with E-state index in [2.05, 4.69) is 21.2 Å². The monoisotopic (exact) mass is 387 g/mol. The Morgan fingerprint density at radius 2 is 1.92 bits per heavy atom. The number of para-hydroxylation sites is 1. The van der Waals surface area contributed by atoms with Crippen molar-refractivity contribution in [3.05, 3.63) is 29.8 Å². The summed E-state index contributed by atoms with van der Waals surface area (Å²) < 4.78 is 5.79. The zero-order chi connectivity index (χ0) is 15.6. The molecule has 0 aromatic heterocycles. The summed E-state index contributed by atoms with van der Waals surface area (Å²) in [7, 11) is 0. The summed E-state index contributed by atoms with van der Waals surface area (Å²) in [6.45, 7) is 4.51. The zero-order valence-corrected chi connectivity index (χ0v) is 16.0. The first-order chi connectivity index (χ1) is 11.3. The predicted molar refractivity (Wildman–Crippen MR) is 103 cm³/mol. The van der Waals surface area contributed by atoms with Crippen LogP contribution in [-0.2, 0) is 11.3 Å². The van der Waals surface area contributed by atoms with Crippen molar-refractivity contribution in [1.29, 1.82) is 0 Å². The van der Waals surface area contributed by atoms with Crippen LogP contribution in [0, 0.1) is 0 Å². The first-order valence-corrected chi connectivity index (χ1v) is 8.75. The van der Waals surface area contributed by atoms with Crippen molar-refractivity contribution in [3.8, 4) is 5.75 Å². The van der Waals surface area contributed by atoms with E-state index in [1.54, 1.807) is 0 Å². The Hall–Kier alpha value is -1.01. The summed E-state index contributed by atoms with van der Waals surface area (Å²) in [6, 6.07) is 9.25. The van der Waals surface area contributed by atoms with Gasteiger partial charge in [0.1, 0.15) is 12.4 Å². The van der Waals surface area contributed by atoms with Crippen LogP contribution in [-0.4, -0.2) is 60.6 Å². The zero-order valence-electron chi connectivity index (χ0n) is 14.4. The number of carbonyl (C=O) groups is 1. The van der Waals surface area contributed by atoms with E-state index < -0.39 is 0 Å². The third kappa shape index (κ3) is 4.79. The first kappa shape index (κ1) is 20.3. The number of hydrogen-bond acceptors (Lipinski definition) is 4. The van der Waals surface area contributed by atoms with E-state index in [0.29, 0.717) is 25.2 Å². The molecule has 0 aliphatic carbocycles. The Bertz CT molecular complexity index is 587. The number of nitrogens with zero attached hydrogens (tertiary/aromatic N) is 2. The number of amides is 1. The molecule has 25 heavy (non-hydrogen) atoms. The molecule has 2 saturated heterocycles. The van der Waals surface area contributed by atoms with Crippen LogP contribution in [0.1, 0.15) is 24.8 Å². The third-order valence-corrected chi connectivity index (χ3v) is 5.27. The fourth-order valence-electron chi connectivity index (χ4n) is 3.98. The second kappa shape index (κ2) is 9.08. The summed E-state index contributed by atoms with van der Waals surface area (Å²) in [5.41, 5.74) is 1.18. The lowest BCUT2D eigenvalue weighted by atomic mass is 10.1. The summed E-state index contributed by atoms with van der Waals surface area (Å²) in [6.07, 6.45) is 3.57. The highest BCUT2D eigenvalue weighted by atomic mass is 35.5. The molecule has 140 valence electrons. The fraction of sp³-hybridized carbons (Fsp3) is 0.611. The van der Waals surface area contributed by atoms with Crippen LogP contribution >= 0.6 is 24.8 Å². The maximum Gasteiger partial charge on any atom is 0.236 e. The van der Waals surface area contributed by atoms with E-state index in [1.165, 1.54) is 18.4 Å². The van der Waals surface area contributed by atoms with E-state index in [9.17, 15) is 4.79 Å². The highest BCUT2D eigenvalue weighted by molar-refractivity contribution is 5.85. The number of rotatable bonds is 2. The van der Waals surface area contributed by atoms with Gasteiger partial charge in [-0.15, -0.1) is 24.8 Å². The lowest BCUT2D eigenvalue weighted by Crippen LogP contribution is -2.44. The highest BCUT2D eigenvalue weighted by Gasteiger charge is 2.31. The highest BCUT2D eigenvalue weighted by Crippen LogP contribution is 2.23. The van der Waals surface area contributed by atoms with Gasteiger partial charge in [0.2, 0.25) is 5.91 Å². The largest absolute Gasteiger partial charge is 0.492 e. The molecule has 5 nitrogen and oxygen atoms in total. The second-order valence-electron chi connectivity index (χ2n) is 6.93. The molecule has 3 aliphatic rings. The SMILES string of the molecule is Cl.Cl.O=C(CN1CCOc2ccccc2C1)N1CC[C@H]2CC[C@@H](C1)N2. The Morgan fingerprint density at radius 1 is 1.12 bits per heavy atom. The third-order valence-electron chi connectivity index (χ3n) is 5.27. The van der Waals surface area contributed by atoms with Gasteiger partial charge < -0.3 is 15.0 Å². The smallest absolute Gasteiger partial charge is 0.236 e. The standard InChI is InChI=1S/C18H25N3O2.2ClH/c22-18(21-8-7-15-5-6-16(12-21)19-15)13-20-9-10-23-17-4-2-1-3-14(17)11-20;;/h1-4,15-16,19H,5-13H2;2*1H/t15-,16+;;/m1../s1. The summed E-state index contributed by atoms with van der Waals surface area (Å²) in [5, 5.41) is 3.64. The number of ether oxygens (including phenoxy) is 1. The Morgan fingerprint density at radius 3 is 2.80 bits per heavy atom. The van der Waals surface area contributed by atoms with E-state index in [0.717, 1.165) is 38.3 Å². The number of hydrogen-bond donors (Lipinski definition) is 1. The molecule has 2 fully saturated rings. The number of carbonyl (C=O) groups excluding carboxylic acids is 1. The molecule has 0 spiro atoms. The Balaban J connectivity index is 0.00000113. The Labute approximate surface area is 161 Å². The van der Waals surface area contributed by atoms with Gasteiger partial charge in [0.15, 0.2) is 0 Å². The van der Waals surface area contributed by atoms with Crippen molar-refractivity contribution >= 4 is 30.7 Å². The maximum atomic E-state index is 12.7. The number of nitrogens with one attached hydrogen (secondary N) is 1. The van der Waals surface area contributed by atoms with Gasteiger partial charge in [-0.05, 0) is 25.3 Å². The van der Waals surface area contributed by atoms with Gasteiger partial charge in [0, 0.05) is 43.8 Å². The van der Waals surface area contributed by atoms with Crippen LogP contribution < -0.4 is 10.1 Å². The second-order valence-corrected chi connectivity index (χ2v) is 6.93. The lowest BCUT2D eigenvalue weighted by Gasteiger charge is -2.27. The molecular formula is C18H27Cl2N3O2. The van der Waals surface area contributed by atoms with E-state index >= 15 is 0 Å². The van der Waals surface area contributed by atoms with Crippen LogP contribution in [0.3, 0.4) is 0 Å². The van der Waals surface area contributed by atoms with Gasteiger partial charge in [0.05, 0.1) is 6.54 Å². The van der Waals surface area contributed by atoms with Crippen LogP contribution in [0.5, 0.6) is 5.75 Å². The molecule has 3 heterocycles. The lowest BCUT2D eigenvalue weighted by molar-refractivity contribution is -0.132. The molecular weight excluding hydrogens is 361 g/mol. The average Bonchev–Trinajstić information content (AvgIpc) is 2.76. The molecule has 0 saturated carbocycles. The number of fused-ring (bicyclic) bond motifs is 3. The molecule has 1 aromatic carbocycles. The van der Waals surface area contributed by atoms with Crippen LogP contribution in [0.4, 0.5) is 0 Å². The van der Waals surface area contributed by atoms with Crippen LogP contribution in [0.25, 0.3) is 0 Å². The molecule has 0 unspecified atom stereocenters. The quantitative estimate of drug-likeness (QED) is 0.843. The minimum atomic E-state index is 0. The summed E-state index contributed by atoms with van der Waals surface area (Å²) >= 11 is 0. The molecule has 7 heteroatoms. The van der Waals surface area contributed by atoms with Crippen LogP contribution in [0.2, 0.25) is 0 Å². The molecule has 4 rings (SSSR count). The number of likely N-dealkylation sites (tertiary alicyclic amines) is 1. The molecule has 1 N–H and O–H groups in total. The van der Waals surface area contributed by atoms with Gasteiger partial charge in [-0.3, -0.25) is 9.69 Å². The van der Waals surface area contributed by atoms with Gasteiger partial charge in [-0.1, -0.05) is 18.2 Å². The van der Waals surface area contributed by atoms with Crippen molar-refractivity contribution in [2.75, 3.05) is 32.8 Å². The van der Waals surface area contributed by atoms with Crippen molar-refractivity contribution < 1.29 is 9.53 Å². The van der Waals surface area contributed by atoms with Crippen molar-refractivity contribution in [2.24, 2.45) is 0 Å². The molecule has 2 bridgehead atoms. The number of benzene rings is 1. The number of halogens is 2. The first-order valence-electron chi connectivity index (χ1n) is 8.75. The van der Waals surface area contributed by atoms with Crippen molar-refractivity contribution in [3.63, 3.8) is 0 Å². The average molecular weight is 388 g/mol. The molecule has 3 aliphatic heterocycles. The Kier molecular flexibility index (Phi) is 7.37.